The number of nitrogens with zero attached hydrogens (tertiary/aromatic N) is 2. The van der Waals surface area contributed by atoms with Gasteiger partial charge in [0.05, 0.1) is 24.7 Å². The summed E-state index contributed by atoms with van der Waals surface area (Å²) in [5, 5.41) is 3.08. The van der Waals surface area contributed by atoms with Crippen LogP contribution in [0.4, 0.5) is 5.82 Å². The SMILES string of the molecule is CNc1c(C)ncn1C1OC(COP(=O)(O)O)CC1C. The van der Waals surface area contributed by atoms with Gasteiger partial charge < -0.3 is 19.8 Å². The summed E-state index contributed by atoms with van der Waals surface area (Å²) in [6.45, 7) is 3.81. The molecule has 2 rings (SSSR count). The van der Waals surface area contributed by atoms with Gasteiger partial charge in [0, 0.05) is 13.0 Å². The van der Waals surface area contributed by atoms with Crippen LogP contribution in [0.15, 0.2) is 6.33 Å². The Balaban J connectivity index is 2.05. The van der Waals surface area contributed by atoms with E-state index < -0.39 is 7.82 Å². The van der Waals surface area contributed by atoms with Gasteiger partial charge in [-0.15, -0.1) is 0 Å². The standard InChI is InChI=1S/C11H20N3O5P/c1-7-4-9(5-18-20(15,16)17)19-11(7)14-6-13-8(2)10(14)12-3/h6-7,9,11-12H,4-5H2,1-3H3,(H2,15,16,17). The zero-order valence-electron chi connectivity index (χ0n) is 11.7. The number of anilines is 1. The van der Waals surface area contributed by atoms with Crippen LogP contribution in [0.3, 0.4) is 0 Å². The number of imidazole rings is 1. The Bertz CT molecular complexity index is 514. The third-order valence-corrected chi connectivity index (χ3v) is 3.86. The summed E-state index contributed by atoms with van der Waals surface area (Å²) in [6, 6.07) is 0. The molecule has 0 saturated carbocycles. The van der Waals surface area contributed by atoms with E-state index in [1.165, 1.54) is 0 Å². The van der Waals surface area contributed by atoms with Crippen LogP contribution in [0, 0.1) is 12.8 Å². The number of rotatable bonds is 5. The van der Waals surface area contributed by atoms with E-state index in [9.17, 15) is 4.57 Å². The minimum Gasteiger partial charge on any atom is -0.373 e. The van der Waals surface area contributed by atoms with E-state index in [0.717, 1.165) is 11.5 Å². The molecule has 3 N–H and O–H groups in total. The van der Waals surface area contributed by atoms with Gasteiger partial charge in [0.15, 0.2) is 0 Å². The molecule has 20 heavy (non-hydrogen) atoms. The normalized spacial score (nSPS) is 26.9. The second kappa shape index (κ2) is 5.83. The summed E-state index contributed by atoms with van der Waals surface area (Å²) in [7, 11) is -2.64. The molecule has 0 bridgehead atoms. The highest BCUT2D eigenvalue weighted by atomic mass is 31.2. The Morgan fingerprint density at radius 3 is 2.95 bits per heavy atom. The number of hydrogen-bond acceptors (Lipinski definition) is 5. The van der Waals surface area contributed by atoms with Gasteiger partial charge in [0.1, 0.15) is 12.0 Å². The van der Waals surface area contributed by atoms with Gasteiger partial charge >= 0.3 is 7.82 Å². The average molecular weight is 305 g/mol. The average Bonchev–Trinajstić information content (AvgIpc) is 2.88. The molecule has 8 nitrogen and oxygen atoms in total. The molecule has 1 aromatic heterocycles. The van der Waals surface area contributed by atoms with Crippen molar-refractivity contribution in [3.8, 4) is 0 Å². The van der Waals surface area contributed by atoms with Crippen LogP contribution in [0.25, 0.3) is 0 Å². The van der Waals surface area contributed by atoms with E-state index in [1.807, 2.05) is 25.5 Å². The fraction of sp³-hybridized carbons (Fsp3) is 0.727. The van der Waals surface area contributed by atoms with Crippen LogP contribution < -0.4 is 5.32 Å². The zero-order chi connectivity index (χ0) is 14.9. The fourth-order valence-corrected chi connectivity index (χ4v) is 2.86. The van der Waals surface area contributed by atoms with Crippen molar-refractivity contribution in [1.82, 2.24) is 9.55 Å². The van der Waals surface area contributed by atoms with Gasteiger partial charge in [-0.25, -0.2) is 9.55 Å². The van der Waals surface area contributed by atoms with Crippen molar-refractivity contribution in [3.05, 3.63) is 12.0 Å². The highest BCUT2D eigenvalue weighted by Crippen LogP contribution is 2.40. The largest absolute Gasteiger partial charge is 0.469 e. The lowest BCUT2D eigenvalue weighted by Crippen LogP contribution is -2.17. The molecule has 3 atom stereocenters. The first-order valence-corrected chi connectivity index (χ1v) is 7.91. The molecular formula is C11H20N3O5P. The molecule has 2 heterocycles. The zero-order valence-corrected chi connectivity index (χ0v) is 12.6. The molecule has 0 radical (unpaired) electrons. The lowest BCUT2D eigenvalue weighted by atomic mass is 10.1. The quantitative estimate of drug-likeness (QED) is 0.703. The number of aryl methyl sites for hydroxylation is 1. The Hall–Kier alpha value is -0.920. The summed E-state index contributed by atoms with van der Waals surface area (Å²) < 4.78 is 23.0. The summed E-state index contributed by atoms with van der Waals surface area (Å²) in [5.41, 5.74) is 0.873. The van der Waals surface area contributed by atoms with E-state index in [4.69, 9.17) is 14.5 Å². The van der Waals surface area contributed by atoms with Crippen molar-refractivity contribution in [3.63, 3.8) is 0 Å². The lowest BCUT2D eigenvalue weighted by Gasteiger charge is -2.20. The fourth-order valence-electron chi connectivity index (χ4n) is 2.50. The molecule has 1 fully saturated rings. The van der Waals surface area contributed by atoms with E-state index in [0.29, 0.717) is 6.42 Å². The number of nitrogens with one attached hydrogen (secondary N) is 1. The number of phosphoric acid groups is 1. The van der Waals surface area contributed by atoms with Crippen LogP contribution in [0.1, 0.15) is 25.3 Å². The van der Waals surface area contributed by atoms with Crippen molar-refractivity contribution in [2.45, 2.75) is 32.6 Å². The monoisotopic (exact) mass is 305 g/mol. The van der Waals surface area contributed by atoms with E-state index in [2.05, 4.69) is 14.8 Å². The molecule has 0 amide bonds. The summed E-state index contributed by atoms with van der Waals surface area (Å²) in [5.74, 6) is 1.07. The lowest BCUT2D eigenvalue weighted by molar-refractivity contribution is -0.0298. The molecule has 1 aliphatic rings. The van der Waals surface area contributed by atoms with Gasteiger partial charge in [-0.05, 0) is 13.3 Å². The Morgan fingerprint density at radius 1 is 1.65 bits per heavy atom. The second-order valence-electron chi connectivity index (χ2n) is 4.98. The van der Waals surface area contributed by atoms with Gasteiger partial charge in [-0.1, -0.05) is 6.92 Å². The molecule has 9 heteroatoms. The topological polar surface area (TPSA) is 106 Å². The van der Waals surface area contributed by atoms with E-state index in [1.54, 1.807) is 6.33 Å². The predicted molar refractivity (Wildman–Crippen MR) is 72.2 cm³/mol. The van der Waals surface area contributed by atoms with Crippen molar-refractivity contribution >= 4 is 13.6 Å². The Kier molecular flexibility index (Phi) is 4.51. The van der Waals surface area contributed by atoms with Crippen molar-refractivity contribution in [2.24, 2.45) is 5.92 Å². The van der Waals surface area contributed by atoms with Crippen molar-refractivity contribution < 1.29 is 23.6 Å². The third kappa shape index (κ3) is 3.39. The predicted octanol–water partition coefficient (Wildman–Crippen LogP) is 1.27. The number of phosphoric ester groups is 1. The van der Waals surface area contributed by atoms with E-state index >= 15 is 0 Å². The molecule has 0 spiro atoms. The highest BCUT2D eigenvalue weighted by molar-refractivity contribution is 7.46. The van der Waals surface area contributed by atoms with Gasteiger partial charge in [-0.2, -0.15) is 0 Å². The number of hydrogen-bond donors (Lipinski definition) is 3. The summed E-state index contributed by atoms with van der Waals surface area (Å²) in [4.78, 5) is 21.7. The van der Waals surface area contributed by atoms with Crippen LogP contribution >= 0.6 is 7.82 Å². The van der Waals surface area contributed by atoms with Crippen LogP contribution in [-0.2, 0) is 13.8 Å². The maximum absolute atomic E-state index is 10.7. The smallest absolute Gasteiger partial charge is 0.373 e. The first-order valence-electron chi connectivity index (χ1n) is 6.38. The highest BCUT2D eigenvalue weighted by Gasteiger charge is 2.35. The van der Waals surface area contributed by atoms with Crippen LogP contribution in [-0.4, -0.2) is 39.1 Å². The molecule has 114 valence electrons. The maximum Gasteiger partial charge on any atom is 0.469 e. The molecular weight excluding hydrogens is 285 g/mol. The molecule has 1 aromatic rings. The van der Waals surface area contributed by atoms with Crippen molar-refractivity contribution in [2.75, 3.05) is 19.0 Å². The minimum atomic E-state index is -4.45. The van der Waals surface area contributed by atoms with Crippen molar-refractivity contribution in [1.29, 1.82) is 0 Å². The first kappa shape index (κ1) is 15.5. The van der Waals surface area contributed by atoms with Gasteiger partial charge in [0.25, 0.3) is 0 Å². The Morgan fingerprint density at radius 2 is 2.35 bits per heavy atom. The second-order valence-corrected chi connectivity index (χ2v) is 6.22. The number of aromatic nitrogens is 2. The van der Waals surface area contributed by atoms with E-state index in [-0.39, 0.29) is 24.9 Å². The summed E-state index contributed by atoms with van der Waals surface area (Å²) >= 11 is 0. The number of ether oxygens (including phenoxy) is 1. The molecule has 1 aliphatic heterocycles. The molecule has 0 aliphatic carbocycles. The van der Waals surface area contributed by atoms with Gasteiger partial charge in [0.2, 0.25) is 0 Å². The minimum absolute atomic E-state index is 0.117. The molecule has 0 aromatic carbocycles. The third-order valence-electron chi connectivity index (χ3n) is 3.37. The Labute approximate surface area is 117 Å². The van der Waals surface area contributed by atoms with Crippen LogP contribution in [0.2, 0.25) is 0 Å². The maximum atomic E-state index is 10.7. The summed E-state index contributed by atoms with van der Waals surface area (Å²) in [6.07, 6.45) is 1.82. The van der Waals surface area contributed by atoms with Crippen LogP contribution in [0.5, 0.6) is 0 Å². The first-order chi connectivity index (χ1) is 9.31. The molecule has 1 saturated heterocycles. The molecule has 3 unspecified atom stereocenters. The van der Waals surface area contributed by atoms with Gasteiger partial charge in [-0.3, -0.25) is 9.09 Å².